The number of carbonyl (C=O) groups is 2. The number of nitrogens with two attached hydrogens (primary N) is 1. The van der Waals surface area contributed by atoms with Gasteiger partial charge in [0.1, 0.15) is 5.75 Å². The minimum Gasteiger partial charge on any atom is -0.494 e. The van der Waals surface area contributed by atoms with Crippen LogP contribution < -0.4 is 15.8 Å². The van der Waals surface area contributed by atoms with Gasteiger partial charge in [-0.15, -0.1) is 0 Å². The van der Waals surface area contributed by atoms with Crippen molar-refractivity contribution >= 4 is 17.6 Å². The number of hydrogen-bond acceptors (Lipinski definition) is 5. The summed E-state index contributed by atoms with van der Waals surface area (Å²) in [6.45, 7) is 4.89. The Balaban J connectivity index is 2.46. The van der Waals surface area contributed by atoms with Crippen molar-refractivity contribution in [3.63, 3.8) is 0 Å². The minimum atomic E-state index is -0.255. The van der Waals surface area contributed by atoms with Crippen LogP contribution in [-0.2, 0) is 9.53 Å². The second-order valence-corrected chi connectivity index (χ2v) is 4.39. The fraction of sp³-hybridized carbons (Fsp3) is 0.467. The molecule has 0 bridgehead atoms. The molecule has 0 aliphatic carbocycles. The van der Waals surface area contributed by atoms with Gasteiger partial charge in [-0.3, -0.25) is 9.59 Å². The van der Waals surface area contributed by atoms with E-state index in [1.807, 2.05) is 6.92 Å². The maximum absolute atomic E-state index is 12.0. The van der Waals surface area contributed by atoms with E-state index in [-0.39, 0.29) is 18.3 Å². The predicted octanol–water partition coefficient (Wildman–Crippen LogP) is 1.74. The highest BCUT2D eigenvalue weighted by atomic mass is 16.5. The van der Waals surface area contributed by atoms with Gasteiger partial charge in [-0.1, -0.05) is 0 Å². The zero-order chi connectivity index (χ0) is 15.7. The standard InChI is InChI=1S/C15H22N2O4/c1-3-20-13-9-11(8-12(16)10-13)15(19)17-7-5-6-14(18)21-4-2/h8-10H,3-7,16H2,1-2H3,(H,17,19). The largest absolute Gasteiger partial charge is 0.494 e. The summed E-state index contributed by atoms with van der Waals surface area (Å²) in [6, 6.07) is 4.89. The molecule has 1 rings (SSSR count). The lowest BCUT2D eigenvalue weighted by Gasteiger charge is -2.09. The molecule has 1 amide bonds. The van der Waals surface area contributed by atoms with Crippen molar-refractivity contribution < 1.29 is 19.1 Å². The molecule has 0 saturated carbocycles. The number of benzene rings is 1. The highest BCUT2D eigenvalue weighted by Crippen LogP contribution is 2.18. The Morgan fingerprint density at radius 2 is 1.95 bits per heavy atom. The quantitative estimate of drug-likeness (QED) is 0.433. The van der Waals surface area contributed by atoms with Crippen molar-refractivity contribution in [2.75, 3.05) is 25.5 Å². The van der Waals surface area contributed by atoms with Crippen molar-refractivity contribution in [3.05, 3.63) is 23.8 Å². The molecule has 3 N–H and O–H groups in total. The molecule has 0 heterocycles. The maximum Gasteiger partial charge on any atom is 0.305 e. The number of nitrogen functional groups attached to an aromatic ring is 1. The summed E-state index contributed by atoms with van der Waals surface area (Å²) in [5.41, 5.74) is 6.64. The van der Waals surface area contributed by atoms with Crippen molar-refractivity contribution in [1.29, 1.82) is 0 Å². The van der Waals surface area contributed by atoms with E-state index in [9.17, 15) is 9.59 Å². The van der Waals surface area contributed by atoms with Gasteiger partial charge in [0.05, 0.1) is 13.2 Å². The van der Waals surface area contributed by atoms with Gasteiger partial charge < -0.3 is 20.5 Å². The van der Waals surface area contributed by atoms with E-state index in [4.69, 9.17) is 15.2 Å². The van der Waals surface area contributed by atoms with Crippen LogP contribution in [0.1, 0.15) is 37.0 Å². The topological polar surface area (TPSA) is 90.7 Å². The average Bonchev–Trinajstić information content (AvgIpc) is 2.43. The highest BCUT2D eigenvalue weighted by Gasteiger charge is 2.09. The van der Waals surface area contributed by atoms with Crippen molar-refractivity contribution in [1.82, 2.24) is 5.32 Å². The van der Waals surface area contributed by atoms with Crippen LogP contribution in [0.2, 0.25) is 0 Å². The number of amides is 1. The second-order valence-electron chi connectivity index (χ2n) is 4.39. The van der Waals surface area contributed by atoms with Crippen LogP contribution in [0.25, 0.3) is 0 Å². The Morgan fingerprint density at radius 3 is 2.62 bits per heavy atom. The molecule has 1 aromatic carbocycles. The lowest BCUT2D eigenvalue weighted by molar-refractivity contribution is -0.143. The third kappa shape index (κ3) is 6.16. The summed E-state index contributed by atoms with van der Waals surface area (Å²) in [6.07, 6.45) is 0.820. The summed E-state index contributed by atoms with van der Waals surface area (Å²) in [5, 5.41) is 2.74. The summed E-state index contributed by atoms with van der Waals surface area (Å²) in [4.78, 5) is 23.1. The molecule has 0 saturated heterocycles. The Labute approximate surface area is 124 Å². The van der Waals surface area contributed by atoms with E-state index in [0.29, 0.717) is 43.2 Å². The SMILES string of the molecule is CCOC(=O)CCCNC(=O)c1cc(N)cc(OCC)c1. The van der Waals surface area contributed by atoms with Crippen LogP contribution in [-0.4, -0.2) is 31.6 Å². The van der Waals surface area contributed by atoms with Gasteiger partial charge in [-0.25, -0.2) is 0 Å². The van der Waals surface area contributed by atoms with E-state index in [1.54, 1.807) is 25.1 Å². The number of carbonyl (C=O) groups excluding carboxylic acids is 2. The lowest BCUT2D eigenvalue weighted by atomic mass is 10.1. The molecule has 0 unspecified atom stereocenters. The van der Waals surface area contributed by atoms with Gasteiger partial charge in [0, 0.05) is 30.3 Å². The molecule has 0 aliphatic rings. The Morgan fingerprint density at radius 1 is 1.19 bits per heavy atom. The van der Waals surface area contributed by atoms with E-state index in [1.165, 1.54) is 0 Å². The van der Waals surface area contributed by atoms with Crippen LogP contribution in [0.15, 0.2) is 18.2 Å². The molecule has 0 aliphatic heterocycles. The first kappa shape index (κ1) is 16.8. The van der Waals surface area contributed by atoms with Crippen LogP contribution >= 0.6 is 0 Å². The predicted molar refractivity (Wildman–Crippen MR) is 80.2 cm³/mol. The Bertz CT molecular complexity index is 489. The minimum absolute atomic E-state index is 0.243. The van der Waals surface area contributed by atoms with E-state index < -0.39 is 0 Å². The molecule has 0 fully saturated rings. The zero-order valence-electron chi connectivity index (χ0n) is 12.5. The fourth-order valence-electron chi connectivity index (χ4n) is 1.77. The highest BCUT2D eigenvalue weighted by molar-refractivity contribution is 5.95. The molecule has 0 aromatic heterocycles. The zero-order valence-corrected chi connectivity index (χ0v) is 12.5. The maximum atomic E-state index is 12.0. The second kappa shape index (κ2) is 8.84. The number of esters is 1. The number of hydrogen-bond donors (Lipinski definition) is 2. The molecular weight excluding hydrogens is 272 g/mol. The molecule has 0 spiro atoms. The first-order valence-electron chi connectivity index (χ1n) is 7.04. The number of nitrogens with one attached hydrogen (secondary N) is 1. The molecule has 6 nitrogen and oxygen atoms in total. The van der Waals surface area contributed by atoms with Gasteiger partial charge in [0.2, 0.25) is 0 Å². The van der Waals surface area contributed by atoms with Gasteiger partial charge in [0.15, 0.2) is 0 Å². The molecular formula is C15H22N2O4. The van der Waals surface area contributed by atoms with Gasteiger partial charge in [0.25, 0.3) is 5.91 Å². The molecule has 6 heteroatoms. The summed E-state index contributed by atoms with van der Waals surface area (Å²) >= 11 is 0. The lowest BCUT2D eigenvalue weighted by Crippen LogP contribution is -2.25. The Kier molecular flexibility index (Phi) is 7.08. The average molecular weight is 294 g/mol. The van der Waals surface area contributed by atoms with Gasteiger partial charge in [-0.2, -0.15) is 0 Å². The Hall–Kier alpha value is -2.24. The first-order chi connectivity index (χ1) is 10.1. The third-order valence-corrected chi connectivity index (χ3v) is 2.65. The van der Waals surface area contributed by atoms with Crippen molar-refractivity contribution in [3.8, 4) is 5.75 Å². The van der Waals surface area contributed by atoms with Crippen molar-refractivity contribution in [2.45, 2.75) is 26.7 Å². The van der Waals surface area contributed by atoms with Gasteiger partial charge in [-0.05, 0) is 32.4 Å². The number of ether oxygens (including phenoxy) is 2. The third-order valence-electron chi connectivity index (χ3n) is 2.65. The summed E-state index contributed by atoms with van der Waals surface area (Å²) in [7, 11) is 0. The van der Waals surface area contributed by atoms with Crippen LogP contribution in [0.3, 0.4) is 0 Å². The molecule has 1 aromatic rings. The normalized spacial score (nSPS) is 10.0. The van der Waals surface area contributed by atoms with Crippen LogP contribution in [0.4, 0.5) is 5.69 Å². The van der Waals surface area contributed by atoms with Gasteiger partial charge >= 0.3 is 5.97 Å². The van der Waals surface area contributed by atoms with E-state index >= 15 is 0 Å². The molecule has 0 atom stereocenters. The van der Waals surface area contributed by atoms with E-state index in [0.717, 1.165) is 0 Å². The summed E-state index contributed by atoms with van der Waals surface area (Å²) < 4.78 is 10.1. The molecule has 21 heavy (non-hydrogen) atoms. The van der Waals surface area contributed by atoms with Crippen LogP contribution in [0, 0.1) is 0 Å². The first-order valence-corrected chi connectivity index (χ1v) is 7.04. The monoisotopic (exact) mass is 294 g/mol. The molecule has 0 radical (unpaired) electrons. The smallest absolute Gasteiger partial charge is 0.305 e. The number of anilines is 1. The number of rotatable bonds is 8. The van der Waals surface area contributed by atoms with Crippen molar-refractivity contribution in [2.24, 2.45) is 0 Å². The summed E-state index contributed by atoms with van der Waals surface area (Å²) in [5.74, 6) is 0.0654. The van der Waals surface area contributed by atoms with E-state index in [2.05, 4.69) is 5.32 Å². The molecule has 116 valence electrons. The fourth-order valence-corrected chi connectivity index (χ4v) is 1.77. The van der Waals surface area contributed by atoms with Crippen LogP contribution in [0.5, 0.6) is 5.75 Å².